The molecule has 3 heteroatoms. The van der Waals surface area contributed by atoms with Crippen molar-refractivity contribution < 1.29 is 4.42 Å². The first-order valence-electron chi connectivity index (χ1n) is 24.3. The number of hydrogen-bond acceptors (Lipinski definition) is 2. The van der Waals surface area contributed by atoms with E-state index in [0.29, 0.717) is 0 Å². The van der Waals surface area contributed by atoms with Gasteiger partial charge in [0.1, 0.15) is 11.2 Å². The van der Waals surface area contributed by atoms with Crippen LogP contribution in [0.3, 0.4) is 0 Å². The number of fused-ring (bicyclic) bond motifs is 8. The van der Waals surface area contributed by atoms with Gasteiger partial charge in [0.15, 0.2) is 0 Å². The molecule has 332 valence electrons. The zero-order chi connectivity index (χ0) is 46.8. The molecule has 14 aromatic rings. The smallest absolute Gasteiger partial charge is 0.145 e. The Kier molecular flexibility index (Phi) is 9.53. The zero-order valence-corrected chi connectivity index (χ0v) is 38.7. The van der Waals surface area contributed by atoms with Gasteiger partial charge in [0.2, 0.25) is 0 Å². The fraction of sp³-hybridized carbons (Fsp3) is 0. The molecule has 0 saturated heterocycles. The molecule has 0 aliphatic rings. The van der Waals surface area contributed by atoms with Crippen molar-refractivity contribution in [3.63, 3.8) is 0 Å². The van der Waals surface area contributed by atoms with Crippen LogP contribution in [0, 0.1) is 0 Å². The highest BCUT2D eigenvalue weighted by Gasteiger charge is 2.25. The van der Waals surface area contributed by atoms with Gasteiger partial charge in [0.05, 0.1) is 27.8 Å². The third kappa shape index (κ3) is 6.66. The van der Waals surface area contributed by atoms with E-state index in [0.717, 1.165) is 66.8 Å². The lowest BCUT2D eigenvalue weighted by molar-refractivity contribution is 0.670. The molecule has 0 amide bonds. The Morgan fingerprint density at radius 3 is 1.75 bits per heavy atom. The maximum absolute atomic E-state index is 6.90. The number of anilines is 3. The molecule has 2 aromatic heterocycles. The molecule has 0 atom stereocenters. The van der Waals surface area contributed by atoms with Crippen LogP contribution in [0.25, 0.3) is 115 Å². The Labute approximate surface area is 411 Å². The number of nitrogens with zero attached hydrogens (tertiary/aromatic N) is 2. The molecule has 71 heavy (non-hydrogen) atoms. The van der Waals surface area contributed by atoms with Gasteiger partial charge in [-0.2, -0.15) is 0 Å². The van der Waals surface area contributed by atoms with E-state index in [4.69, 9.17) is 4.42 Å². The fourth-order valence-electron chi connectivity index (χ4n) is 11.2. The first-order valence-corrected chi connectivity index (χ1v) is 24.3. The molecule has 0 bridgehead atoms. The van der Waals surface area contributed by atoms with Crippen LogP contribution >= 0.6 is 0 Å². The van der Waals surface area contributed by atoms with Crippen molar-refractivity contribution in [2.45, 2.75) is 0 Å². The van der Waals surface area contributed by atoms with Crippen LogP contribution in [0.5, 0.6) is 0 Å². The van der Waals surface area contributed by atoms with Crippen LogP contribution < -0.4 is 4.90 Å². The molecule has 0 fully saturated rings. The molecule has 12 aromatic carbocycles. The van der Waals surface area contributed by atoms with Crippen LogP contribution in [0.15, 0.2) is 271 Å². The SMILES string of the molecule is c1ccc(-c2ccc(N(c3ccc(-c4cccc(-c5cccc6ccccc56)c4)cc3)c3ccc(-c4cccc5c4c4ccccc4n5-c4ccccc4)c4ccccc34)c3c2oc2ccccc23)cc1. The molecule has 0 radical (unpaired) electrons. The molecular formula is C68H44N2O. The third-order valence-corrected chi connectivity index (χ3v) is 14.4. The van der Waals surface area contributed by atoms with Gasteiger partial charge in [0.25, 0.3) is 0 Å². The zero-order valence-electron chi connectivity index (χ0n) is 38.7. The van der Waals surface area contributed by atoms with Gasteiger partial charge in [-0.25, -0.2) is 0 Å². The average Bonchev–Trinajstić information content (AvgIpc) is 4.01. The minimum atomic E-state index is 0.858. The predicted molar refractivity (Wildman–Crippen MR) is 299 cm³/mol. The summed E-state index contributed by atoms with van der Waals surface area (Å²) in [6.45, 7) is 0. The van der Waals surface area contributed by atoms with Crippen LogP contribution in [0.1, 0.15) is 0 Å². The Bertz CT molecular complexity index is 4330. The summed E-state index contributed by atoms with van der Waals surface area (Å²) in [5.74, 6) is 0. The first kappa shape index (κ1) is 40.6. The van der Waals surface area contributed by atoms with E-state index in [1.165, 1.54) is 65.8 Å². The lowest BCUT2D eigenvalue weighted by Crippen LogP contribution is -2.11. The Morgan fingerprint density at radius 2 is 0.901 bits per heavy atom. The van der Waals surface area contributed by atoms with E-state index in [-0.39, 0.29) is 0 Å². The summed E-state index contributed by atoms with van der Waals surface area (Å²) in [5, 5.41) is 9.43. The van der Waals surface area contributed by atoms with E-state index >= 15 is 0 Å². The van der Waals surface area contributed by atoms with Gasteiger partial charge < -0.3 is 13.9 Å². The Morgan fingerprint density at radius 1 is 0.310 bits per heavy atom. The molecule has 0 spiro atoms. The summed E-state index contributed by atoms with van der Waals surface area (Å²) < 4.78 is 9.30. The van der Waals surface area contributed by atoms with Crippen molar-refractivity contribution in [1.82, 2.24) is 4.57 Å². The quantitative estimate of drug-likeness (QED) is 0.151. The summed E-state index contributed by atoms with van der Waals surface area (Å²) in [4.78, 5) is 2.45. The van der Waals surface area contributed by atoms with Gasteiger partial charge in [-0.1, -0.05) is 200 Å². The average molecular weight is 905 g/mol. The van der Waals surface area contributed by atoms with E-state index in [2.05, 4.69) is 276 Å². The van der Waals surface area contributed by atoms with Crippen molar-refractivity contribution >= 4 is 82.4 Å². The summed E-state index contributed by atoms with van der Waals surface area (Å²) >= 11 is 0. The van der Waals surface area contributed by atoms with Crippen molar-refractivity contribution in [2.24, 2.45) is 0 Å². The largest absolute Gasteiger partial charge is 0.455 e. The Balaban J connectivity index is 0.982. The van der Waals surface area contributed by atoms with E-state index in [9.17, 15) is 0 Å². The third-order valence-electron chi connectivity index (χ3n) is 14.4. The predicted octanol–water partition coefficient (Wildman–Crippen LogP) is 19.1. The molecular weight excluding hydrogens is 861 g/mol. The normalized spacial score (nSPS) is 11.7. The van der Waals surface area contributed by atoms with E-state index < -0.39 is 0 Å². The van der Waals surface area contributed by atoms with Gasteiger partial charge in [-0.05, 0) is 122 Å². The Hall–Kier alpha value is -9.44. The molecule has 14 rings (SSSR count). The minimum Gasteiger partial charge on any atom is -0.455 e. The standard InChI is InChI=1S/C68H44N2O/c1-3-18-47(19-4-1)54-40-43-64(67-60-30-12-14-35-65(60)71-68(54)67)70(51-38-36-45(37-39-51)48-22-15-23-49(44-48)53-31-16-21-46-20-7-8-26-52(46)53)62-42-41-56(55-27-9-10-28-57(55)62)58-32-17-34-63-66(58)59-29-11-13-33-61(59)69(63)50-24-5-2-6-25-50/h1-44H. The van der Waals surface area contributed by atoms with Crippen molar-refractivity contribution in [3.05, 3.63) is 267 Å². The maximum atomic E-state index is 6.90. The topological polar surface area (TPSA) is 21.3 Å². The highest BCUT2D eigenvalue weighted by Crippen LogP contribution is 2.50. The second-order valence-electron chi connectivity index (χ2n) is 18.4. The van der Waals surface area contributed by atoms with Crippen molar-refractivity contribution in [3.8, 4) is 50.2 Å². The van der Waals surface area contributed by atoms with Gasteiger partial charge in [-0.15, -0.1) is 0 Å². The highest BCUT2D eigenvalue weighted by atomic mass is 16.3. The molecule has 0 unspecified atom stereocenters. The van der Waals surface area contributed by atoms with Crippen molar-refractivity contribution in [1.29, 1.82) is 0 Å². The van der Waals surface area contributed by atoms with Gasteiger partial charge in [0, 0.05) is 38.5 Å². The van der Waals surface area contributed by atoms with Crippen LogP contribution in [-0.2, 0) is 0 Å². The lowest BCUT2D eigenvalue weighted by atomic mass is 9.93. The minimum absolute atomic E-state index is 0.858. The van der Waals surface area contributed by atoms with Crippen LogP contribution in [0.4, 0.5) is 17.1 Å². The number of furan rings is 1. The fourth-order valence-corrected chi connectivity index (χ4v) is 11.2. The lowest BCUT2D eigenvalue weighted by Gasteiger charge is -2.29. The van der Waals surface area contributed by atoms with Gasteiger partial charge in [-0.3, -0.25) is 0 Å². The number of hydrogen-bond donors (Lipinski definition) is 0. The van der Waals surface area contributed by atoms with Crippen LogP contribution in [-0.4, -0.2) is 4.57 Å². The summed E-state index contributed by atoms with van der Waals surface area (Å²) in [7, 11) is 0. The summed E-state index contributed by atoms with van der Waals surface area (Å²) in [6, 6.07) is 96.6. The number of para-hydroxylation sites is 3. The summed E-state index contributed by atoms with van der Waals surface area (Å²) in [6.07, 6.45) is 0. The molecule has 0 N–H and O–H groups in total. The first-order chi connectivity index (χ1) is 35.2. The molecule has 0 saturated carbocycles. The molecule has 2 heterocycles. The molecule has 3 nitrogen and oxygen atoms in total. The van der Waals surface area contributed by atoms with Crippen LogP contribution in [0.2, 0.25) is 0 Å². The van der Waals surface area contributed by atoms with Crippen molar-refractivity contribution in [2.75, 3.05) is 4.90 Å². The van der Waals surface area contributed by atoms with E-state index in [1.54, 1.807) is 0 Å². The van der Waals surface area contributed by atoms with E-state index in [1.807, 2.05) is 0 Å². The number of rotatable bonds is 8. The maximum Gasteiger partial charge on any atom is 0.145 e. The second-order valence-corrected chi connectivity index (χ2v) is 18.4. The second kappa shape index (κ2) is 16.7. The number of aromatic nitrogens is 1. The molecule has 0 aliphatic carbocycles. The monoisotopic (exact) mass is 904 g/mol. The molecule has 0 aliphatic heterocycles. The number of benzene rings is 12. The summed E-state index contributed by atoms with van der Waals surface area (Å²) in [5.41, 5.74) is 17.7. The highest BCUT2D eigenvalue weighted by molar-refractivity contribution is 6.21. The van der Waals surface area contributed by atoms with Gasteiger partial charge >= 0.3 is 0 Å².